The van der Waals surface area contributed by atoms with Crippen LogP contribution in [0.4, 0.5) is 0 Å². The van der Waals surface area contributed by atoms with Crippen LogP contribution in [-0.4, -0.2) is 36.9 Å². The number of carbonyl (C=O) groups is 2. The lowest BCUT2D eigenvalue weighted by atomic mass is 10.1. The normalized spacial score (nSPS) is 12.0. The monoisotopic (exact) mass is 294 g/mol. The third-order valence-corrected chi connectivity index (χ3v) is 2.55. The Balaban J connectivity index is 3.01. The number of benzene rings is 1. The number of aliphatic carboxylic acids is 1. The largest absolute Gasteiger partial charge is 0.497 e. The Bertz CT molecular complexity index is 535. The summed E-state index contributed by atoms with van der Waals surface area (Å²) in [5, 5.41) is 8.68. The van der Waals surface area contributed by atoms with E-state index in [9.17, 15) is 9.59 Å². The van der Waals surface area contributed by atoms with E-state index < -0.39 is 18.0 Å². The first kappa shape index (κ1) is 16.6. The SMILES string of the molecule is CCOC(=O)C(C)Oc1cc(OC)ccc1C=CC(=O)O. The summed E-state index contributed by atoms with van der Waals surface area (Å²) in [6, 6.07) is 4.89. The minimum Gasteiger partial charge on any atom is -0.497 e. The van der Waals surface area contributed by atoms with Crippen LogP contribution in [-0.2, 0) is 14.3 Å². The number of carboxylic acid groups (broad SMARTS) is 1. The average Bonchev–Trinajstić information content (AvgIpc) is 2.45. The van der Waals surface area contributed by atoms with Crippen molar-refractivity contribution in [1.82, 2.24) is 0 Å². The summed E-state index contributed by atoms with van der Waals surface area (Å²) >= 11 is 0. The quantitative estimate of drug-likeness (QED) is 0.612. The maximum Gasteiger partial charge on any atom is 0.347 e. The van der Waals surface area contributed by atoms with Gasteiger partial charge in [-0.1, -0.05) is 0 Å². The summed E-state index contributed by atoms with van der Waals surface area (Å²) in [4.78, 5) is 22.2. The highest BCUT2D eigenvalue weighted by atomic mass is 16.6. The molecule has 0 aromatic heterocycles. The van der Waals surface area contributed by atoms with Gasteiger partial charge in [0, 0.05) is 17.7 Å². The van der Waals surface area contributed by atoms with E-state index in [-0.39, 0.29) is 6.61 Å². The van der Waals surface area contributed by atoms with Gasteiger partial charge in [-0.2, -0.15) is 0 Å². The zero-order valence-electron chi connectivity index (χ0n) is 12.2. The Kier molecular flexibility index (Phi) is 6.26. The third kappa shape index (κ3) is 5.18. The van der Waals surface area contributed by atoms with Crippen LogP contribution >= 0.6 is 0 Å². The van der Waals surface area contributed by atoms with Crippen molar-refractivity contribution in [2.45, 2.75) is 20.0 Å². The Hall–Kier alpha value is -2.50. The summed E-state index contributed by atoms with van der Waals surface area (Å²) in [6.45, 7) is 3.52. The number of esters is 1. The molecule has 1 N–H and O–H groups in total. The molecule has 1 atom stereocenters. The Morgan fingerprint density at radius 1 is 1.38 bits per heavy atom. The molecule has 0 aliphatic rings. The van der Waals surface area contributed by atoms with Crippen LogP contribution in [0.2, 0.25) is 0 Å². The van der Waals surface area contributed by atoms with Gasteiger partial charge in [0.05, 0.1) is 13.7 Å². The third-order valence-electron chi connectivity index (χ3n) is 2.55. The van der Waals surface area contributed by atoms with Gasteiger partial charge in [0.25, 0.3) is 0 Å². The van der Waals surface area contributed by atoms with Crippen molar-refractivity contribution < 1.29 is 28.9 Å². The molecule has 0 saturated heterocycles. The first-order chi connectivity index (χ1) is 9.97. The predicted octanol–water partition coefficient (Wildman–Crippen LogP) is 2.12. The van der Waals surface area contributed by atoms with Crippen LogP contribution < -0.4 is 9.47 Å². The second-order valence-electron chi connectivity index (χ2n) is 4.09. The summed E-state index contributed by atoms with van der Waals surface area (Å²) in [6.07, 6.45) is 1.56. The van der Waals surface area contributed by atoms with Gasteiger partial charge in [-0.05, 0) is 32.1 Å². The molecule has 0 amide bonds. The fraction of sp³-hybridized carbons (Fsp3) is 0.333. The minimum absolute atomic E-state index is 0.260. The maximum absolute atomic E-state index is 11.6. The molecule has 0 radical (unpaired) electrons. The van der Waals surface area contributed by atoms with Crippen molar-refractivity contribution in [2.75, 3.05) is 13.7 Å². The fourth-order valence-electron chi connectivity index (χ4n) is 1.54. The van der Waals surface area contributed by atoms with E-state index in [2.05, 4.69) is 0 Å². The van der Waals surface area contributed by atoms with Gasteiger partial charge in [-0.3, -0.25) is 0 Å². The molecule has 21 heavy (non-hydrogen) atoms. The van der Waals surface area contributed by atoms with E-state index in [1.807, 2.05) is 0 Å². The van der Waals surface area contributed by atoms with E-state index in [0.29, 0.717) is 17.1 Å². The highest BCUT2D eigenvalue weighted by Gasteiger charge is 2.17. The number of hydrogen-bond donors (Lipinski definition) is 1. The lowest BCUT2D eigenvalue weighted by molar-refractivity contribution is -0.150. The highest BCUT2D eigenvalue weighted by Crippen LogP contribution is 2.27. The van der Waals surface area contributed by atoms with Gasteiger partial charge in [0.15, 0.2) is 6.10 Å². The summed E-state index contributed by atoms with van der Waals surface area (Å²) in [5.41, 5.74) is 0.523. The van der Waals surface area contributed by atoms with Crippen molar-refractivity contribution in [3.8, 4) is 11.5 Å². The van der Waals surface area contributed by atoms with Crippen molar-refractivity contribution >= 4 is 18.0 Å². The van der Waals surface area contributed by atoms with E-state index >= 15 is 0 Å². The van der Waals surface area contributed by atoms with E-state index in [4.69, 9.17) is 19.3 Å². The molecular formula is C15H18O6. The zero-order chi connectivity index (χ0) is 15.8. The standard InChI is InChI=1S/C15H18O6/c1-4-20-15(18)10(2)21-13-9-12(19-3)7-5-11(13)6-8-14(16)17/h5-10H,4H2,1-3H3,(H,16,17). The second-order valence-corrected chi connectivity index (χ2v) is 4.09. The smallest absolute Gasteiger partial charge is 0.347 e. The predicted molar refractivity (Wildman–Crippen MR) is 76.4 cm³/mol. The van der Waals surface area contributed by atoms with Crippen molar-refractivity contribution in [1.29, 1.82) is 0 Å². The Labute approximate surface area is 122 Å². The van der Waals surface area contributed by atoms with Gasteiger partial charge in [0.2, 0.25) is 0 Å². The first-order valence-corrected chi connectivity index (χ1v) is 6.40. The number of carboxylic acids is 1. The number of methoxy groups -OCH3 is 1. The van der Waals surface area contributed by atoms with Crippen LogP contribution in [0, 0.1) is 0 Å². The summed E-state index contributed by atoms with van der Waals surface area (Å²) in [5.74, 6) is -0.690. The molecule has 1 unspecified atom stereocenters. The molecule has 0 aliphatic heterocycles. The molecule has 114 valence electrons. The maximum atomic E-state index is 11.6. The van der Waals surface area contributed by atoms with Crippen molar-refractivity contribution in [3.63, 3.8) is 0 Å². The summed E-state index contributed by atoms with van der Waals surface area (Å²) in [7, 11) is 1.50. The first-order valence-electron chi connectivity index (χ1n) is 6.40. The van der Waals surface area contributed by atoms with Gasteiger partial charge in [-0.15, -0.1) is 0 Å². The number of ether oxygens (including phenoxy) is 3. The lowest BCUT2D eigenvalue weighted by Gasteiger charge is -2.16. The van der Waals surface area contributed by atoms with Crippen LogP contribution in [0.15, 0.2) is 24.3 Å². The summed E-state index contributed by atoms with van der Waals surface area (Å²) < 4.78 is 15.5. The van der Waals surface area contributed by atoms with Crippen LogP contribution in [0.1, 0.15) is 19.4 Å². The molecule has 1 aromatic carbocycles. The molecule has 0 saturated carbocycles. The van der Waals surface area contributed by atoms with Gasteiger partial charge >= 0.3 is 11.9 Å². The van der Waals surface area contributed by atoms with E-state index in [1.54, 1.807) is 32.0 Å². The fourth-order valence-corrected chi connectivity index (χ4v) is 1.54. The molecular weight excluding hydrogens is 276 g/mol. The zero-order valence-corrected chi connectivity index (χ0v) is 12.2. The Morgan fingerprint density at radius 2 is 2.10 bits per heavy atom. The van der Waals surface area contributed by atoms with E-state index in [1.165, 1.54) is 13.2 Å². The number of hydrogen-bond acceptors (Lipinski definition) is 5. The lowest BCUT2D eigenvalue weighted by Crippen LogP contribution is -2.26. The molecule has 1 rings (SSSR count). The minimum atomic E-state index is -1.07. The second kappa shape index (κ2) is 7.94. The average molecular weight is 294 g/mol. The molecule has 0 bridgehead atoms. The molecule has 0 fully saturated rings. The Morgan fingerprint density at radius 3 is 2.67 bits per heavy atom. The van der Waals surface area contributed by atoms with Crippen molar-refractivity contribution in [3.05, 3.63) is 29.8 Å². The topological polar surface area (TPSA) is 82.1 Å². The van der Waals surface area contributed by atoms with Crippen molar-refractivity contribution in [2.24, 2.45) is 0 Å². The number of carbonyl (C=O) groups excluding carboxylic acids is 1. The molecule has 0 aliphatic carbocycles. The highest BCUT2D eigenvalue weighted by molar-refractivity contribution is 5.86. The molecule has 6 nitrogen and oxygen atoms in total. The molecule has 6 heteroatoms. The number of rotatable bonds is 7. The molecule has 1 aromatic rings. The molecule has 0 spiro atoms. The van der Waals surface area contributed by atoms with Crippen LogP contribution in [0.3, 0.4) is 0 Å². The van der Waals surface area contributed by atoms with Gasteiger partial charge in [-0.25, -0.2) is 9.59 Å². The van der Waals surface area contributed by atoms with Gasteiger partial charge < -0.3 is 19.3 Å². The van der Waals surface area contributed by atoms with Crippen LogP contribution in [0.5, 0.6) is 11.5 Å². The van der Waals surface area contributed by atoms with E-state index in [0.717, 1.165) is 6.08 Å². The molecule has 0 heterocycles. The van der Waals surface area contributed by atoms with Gasteiger partial charge in [0.1, 0.15) is 11.5 Å². The van der Waals surface area contributed by atoms with Crippen LogP contribution in [0.25, 0.3) is 6.08 Å².